The number of nitrogens with one attached hydrogen (secondary N) is 1. The van der Waals surface area contributed by atoms with Gasteiger partial charge in [-0.1, -0.05) is 0 Å². The number of ether oxygens (including phenoxy) is 1. The van der Waals surface area contributed by atoms with Crippen LogP contribution in [0, 0.1) is 6.92 Å². The molecular formula is C17H22N4O2S. The number of carbonyl (C=O) groups is 1. The van der Waals surface area contributed by atoms with Gasteiger partial charge in [-0.3, -0.25) is 9.69 Å². The summed E-state index contributed by atoms with van der Waals surface area (Å²) < 4.78 is 5.94. The summed E-state index contributed by atoms with van der Waals surface area (Å²) in [6.45, 7) is 5.94. The molecule has 0 spiro atoms. The highest BCUT2D eigenvalue weighted by Gasteiger charge is 2.39. The van der Waals surface area contributed by atoms with Crippen LogP contribution in [0.4, 0.5) is 0 Å². The van der Waals surface area contributed by atoms with Crippen molar-refractivity contribution in [3.63, 3.8) is 0 Å². The number of likely N-dealkylation sites (tertiary alicyclic amines) is 1. The van der Waals surface area contributed by atoms with Crippen molar-refractivity contribution in [2.45, 2.75) is 32.0 Å². The van der Waals surface area contributed by atoms with Gasteiger partial charge in [0, 0.05) is 43.4 Å². The lowest BCUT2D eigenvalue weighted by atomic mass is 9.98. The highest BCUT2D eigenvalue weighted by Crippen LogP contribution is 2.26. The number of morpholine rings is 1. The number of carbonyl (C=O) groups excluding carboxylic acids is 1. The molecule has 24 heavy (non-hydrogen) atoms. The van der Waals surface area contributed by atoms with E-state index in [0.29, 0.717) is 13.2 Å². The van der Waals surface area contributed by atoms with E-state index in [1.54, 1.807) is 11.3 Å². The molecular weight excluding hydrogens is 324 g/mol. The number of rotatable bonds is 3. The Morgan fingerprint density at radius 2 is 2.42 bits per heavy atom. The molecule has 2 saturated heterocycles. The molecule has 0 radical (unpaired) electrons. The van der Waals surface area contributed by atoms with Crippen LogP contribution in [0.2, 0.25) is 0 Å². The maximum Gasteiger partial charge on any atom is 0.255 e. The number of imidazole rings is 1. The lowest BCUT2D eigenvalue weighted by Gasteiger charge is -2.47. The zero-order valence-corrected chi connectivity index (χ0v) is 14.6. The smallest absolute Gasteiger partial charge is 0.255 e. The van der Waals surface area contributed by atoms with E-state index in [1.807, 2.05) is 34.8 Å². The van der Waals surface area contributed by atoms with Crippen molar-refractivity contribution in [1.82, 2.24) is 19.8 Å². The lowest BCUT2D eigenvalue weighted by molar-refractivity contribution is -0.0915. The van der Waals surface area contributed by atoms with E-state index < -0.39 is 0 Å². The number of nitrogens with zero attached hydrogens (tertiary/aromatic N) is 3. The Balaban J connectivity index is 1.48. The van der Waals surface area contributed by atoms with E-state index in [1.165, 1.54) is 0 Å². The molecule has 2 aromatic rings. The predicted octanol–water partition coefficient (Wildman–Crippen LogP) is 1.90. The van der Waals surface area contributed by atoms with E-state index in [2.05, 4.69) is 14.9 Å². The van der Waals surface area contributed by atoms with E-state index in [-0.39, 0.29) is 18.1 Å². The summed E-state index contributed by atoms with van der Waals surface area (Å²) in [4.78, 5) is 24.8. The average molecular weight is 346 g/mol. The molecule has 4 heterocycles. The quantitative estimate of drug-likeness (QED) is 0.922. The van der Waals surface area contributed by atoms with Crippen LogP contribution in [-0.2, 0) is 11.3 Å². The van der Waals surface area contributed by atoms with Gasteiger partial charge in [0.25, 0.3) is 5.91 Å². The SMILES string of the molecule is Cc1ncc(CN2CC[C@H]3OCCN(C(=O)c4ccsc4)[C@@H]3C2)[nH]1. The number of aryl methyl sites for hydroxylation is 1. The van der Waals surface area contributed by atoms with Crippen LogP contribution in [0.25, 0.3) is 0 Å². The molecule has 1 amide bonds. The molecule has 2 fully saturated rings. The number of aromatic nitrogens is 2. The fourth-order valence-electron chi connectivity index (χ4n) is 3.68. The highest BCUT2D eigenvalue weighted by atomic mass is 32.1. The van der Waals surface area contributed by atoms with E-state index in [0.717, 1.165) is 43.1 Å². The monoisotopic (exact) mass is 346 g/mol. The van der Waals surface area contributed by atoms with Crippen LogP contribution in [0.1, 0.15) is 28.3 Å². The van der Waals surface area contributed by atoms with Gasteiger partial charge in [0.1, 0.15) is 5.82 Å². The predicted molar refractivity (Wildman–Crippen MR) is 92.1 cm³/mol. The van der Waals surface area contributed by atoms with Gasteiger partial charge in [0.15, 0.2) is 0 Å². The van der Waals surface area contributed by atoms with Crippen LogP contribution < -0.4 is 0 Å². The molecule has 2 aromatic heterocycles. The first-order chi connectivity index (χ1) is 11.7. The number of amides is 1. The second kappa shape index (κ2) is 6.66. The molecule has 2 atom stereocenters. The van der Waals surface area contributed by atoms with Gasteiger partial charge < -0.3 is 14.6 Å². The van der Waals surface area contributed by atoms with Crippen molar-refractivity contribution in [2.75, 3.05) is 26.2 Å². The summed E-state index contributed by atoms with van der Waals surface area (Å²) >= 11 is 1.57. The third-order valence-corrected chi connectivity index (χ3v) is 5.53. The van der Waals surface area contributed by atoms with Crippen LogP contribution in [0.3, 0.4) is 0 Å². The van der Waals surface area contributed by atoms with Crippen LogP contribution in [0.5, 0.6) is 0 Å². The van der Waals surface area contributed by atoms with Crippen LogP contribution in [-0.4, -0.2) is 64.1 Å². The minimum absolute atomic E-state index is 0.129. The van der Waals surface area contributed by atoms with Gasteiger partial charge in [-0.25, -0.2) is 4.98 Å². The third kappa shape index (κ3) is 3.11. The maximum atomic E-state index is 12.8. The fraction of sp³-hybridized carbons (Fsp3) is 0.529. The van der Waals surface area contributed by atoms with Crippen molar-refractivity contribution in [2.24, 2.45) is 0 Å². The largest absolute Gasteiger partial charge is 0.374 e. The zero-order valence-electron chi connectivity index (χ0n) is 13.8. The van der Waals surface area contributed by atoms with Crippen molar-refractivity contribution in [3.8, 4) is 0 Å². The summed E-state index contributed by atoms with van der Waals surface area (Å²) in [5.74, 6) is 1.07. The molecule has 0 aromatic carbocycles. The van der Waals surface area contributed by atoms with Gasteiger partial charge in [0.05, 0.1) is 24.3 Å². The van der Waals surface area contributed by atoms with Gasteiger partial charge in [-0.2, -0.15) is 11.3 Å². The normalized spacial score (nSPS) is 24.8. The third-order valence-electron chi connectivity index (χ3n) is 4.85. The molecule has 6 nitrogen and oxygen atoms in total. The molecule has 0 aliphatic carbocycles. The van der Waals surface area contributed by atoms with Gasteiger partial charge in [0.2, 0.25) is 0 Å². The minimum atomic E-state index is 0.129. The summed E-state index contributed by atoms with van der Waals surface area (Å²) in [5, 5.41) is 3.89. The first-order valence-corrected chi connectivity index (χ1v) is 9.32. The fourth-order valence-corrected chi connectivity index (χ4v) is 4.31. The summed E-state index contributed by atoms with van der Waals surface area (Å²) in [5.41, 5.74) is 1.92. The average Bonchev–Trinajstić information content (AvgIpc) is 3.25. The topological polar surface area (TPSA) is 61.5 Å². The molecule has 1 N–H and O–H groups in total. The minimum Gasteiger partial charge on any atom is -0.374 e. The van der Waals surface area contributed by atoms with Gasteiger partial charge in [-0.15, -0.1) is 0 Å². The van der Waals surface area contributed by atoms with Crippen molar-refractivity contribution < 1.29 is 9.53 Å². The Kier molecular flexibility index (Phi) is 4.39. The first kappa shape index (κ1) is 15.8. The maximum absolute atomic E-state index is 12.8. The molecule has 128 valence electrons. The van der Waals surface area contributed by atoms with Crippen LogP contribution >= 0.6 is 11.3 Å². The molecule has 2 aliphatic heterocycles. The Bertz CT molecular complexity index is 699. The molecule has 4 rings (SSSR count). The Morgan fingerprint density at radius 3 is 3.17 bits per heavy atom. The Hall–Kier alpha value is -1.70. The zero-order chi connectivity index (χ0) is 16.5. The molecule has 2 aliphatic rings. The first-order valence-electron chi connectivity index (χ1n) is 8.38. The summed E-state index contributed by atoms with van der Waals surface area (Å²) in [6, 6.07) is 2.04. The van der Waals surface area contributed by atoms with Crippen molar-refractivity contribution in [3.05, 3.63) is 40.1 Å². The Labute approximate surface area is 145 Å². The Morgan fingerprint density at radius 1 is 1.50 bits per heavy atom. The molecule has 0 bridgehead atoms. The van der Waals surface area contributed by atoms with Crippen LogP contribution in [0.15, 0.2) is 23.0 Å². The number of hydrogen-bond acceptors (Lipinski definition) is 5. The van der Waals surface area contributed by atoms with Crippen molar-refractivity contribution >= 4 is 17.2 Å². The summed E-state index contributed by atoms with van der Waals surface area (Å²) in [6.07, 6.45) is 3.01. The number of thiophene rings is 1. The second-order valence-electron chi connectivity index (χ2n) is 6.50. The number of fused-ring (bicyclic) bond motifs is 1. The number of hydrogen-bond donors (Lipinski definition) is 1. The van der Waals surface area contributed by atoms with E-state index in [9.17, 15) is 4.79 Å². The molecule has 7 heteroatoms. The van der Waals surface area contributed by atoms with Crippen molar-refractivity contribution in [1.29, 1.82) is 0 Å². The van der Waals surface area contributed by atoms with Gasteiger partial charge >= 0.3 is 0 Å². The second-order valence-corrected chi connectivity index (χ2v) is 7.28. The lowest BCUT2D eigenvalue weighted by Crippen LogP contribution is -2.61. The number of aromatic amines is 1. The highest BCUT2D eigenvalue weighted by molar-refractivity contribution is 7.08. The van der Waals surface area contributed by atoms with E-state index in [4.69, 9.17) is 4.74 Å². The number of H-pyrrole nitrogens is 1. The number of piperidine rings is 1. The summed E-state index contributed by atoms with van der Waals surface area (Å²) in [7, 11) is 0. The standard InChI is InChI=1S/C17H22N4O2S/c1-12-18-8-14(19-12)9-20-4-2-16-15(10-20)21(5-6-23-16)17(22)13-3-7-24-11-13/h3,7-8,11,15-16H,2,4-6,9-10H2,1H3,(H,18,19)/t15-,16-/m1/s1. The van der Waals surface area contributed by atoms with Gasteiger partial charge in [-0.05, 0) is 24.8 Å². The molecule has 0 saturated carbocycles. The molecule has 0 unspecified atom stereocenters. The van der Waals surface area contributed by atoms with E-state index >= 15 is 0 Å².